The first-order valence-electron chi connectivity index (χ1n) is 10.8. The first kappa shape index (κ1) is 21.6. The van der Waals surface area contributed by atoms with Crippen molar-refractivity contribution < 1.29 is 9.47 Å². The number of fused-ring (bicyclic) bond motifs is 1. The SMILES string of the molecule is CCCCOc1nc(N)c2nc(OC)n(CCCN3CCN(CCC)CC3)c2n1. The molecule has 9 nitrogen and oxygen atoms in total. The van der Waals surface area contributed by atoms with E-state index in [2.05, 4.69) is 38.6 Å². The second kappa shape index (κ2) is 10.6. The number of rotatable bonds is 11. The number of nitrogen functional groups attached to an aromatic ring is 1. The lowest BCUT2D eigenvalue weighted by molar-refractivity contribution is 0.130. The third-order valence-electron chi connectivity index (χ3n) is 5.34. The van der Waals surface area contributed by atoms with Crippen LogP contribution in [-0.2, 0) is 6.54 Å². The molecule has 162 valence electrons. The molecule has 1 aliphatic rings. The van der Waals surface area contributed by atoms with Crippen molar-refractivity contribution in [3.05, 3.63) is 0 Å². The van der Waals surface area contributed by atoms with E-state index in [0.717, 1.165) is 58.5 Å². The summed E-state index contributed by atoms with van der Waals surface area (Å²) >= 11 is 0. The summed E-state index contributed by atoms with van der Waals surface area (Å²) in [6.45, 7) is 12.5. The standard InChI is InChI=1S/C20H35N7O2/c1-4-6-15-29-19-23-17(21)16-18(24-19)27(20(22-16)28-3)10-7-9-26-13-11-25(8-5-2)12-14-26/h4-15H2,1-3H3,(H2,21,23,24). The smallest absolute Gasteiger partial charge is 0.320 e. The molecule has 2 aromatic rings. The van der Waals surface area contributed by atoms with E-state index in [1.54, 1.807) is 7.11 Å². The molecular weight excluding hydrogens is 370 g/mol. The van der Waals surface area contributed by atoms with Gasteiger partial charge in [-0.05, 0) is 32.4 Å². The molecule has 0 atom stereocenters. The van der Waals surface area contributed by atoms with Gasteiger partial charge in [0.2, 0.25) is 0 Å². The van der Waals surface area contributed by atoms with E-state index in [1.807, 2.05) is 4.57 Å². The Bertz CT molecular complexity index is 772. The molecule has 0 radical (unpaired) electrons. The quantitative estimate of drug-likeness (QED) is 0.568. The van der Waals surface area contributed by atoms with Gasteiger partial charge in [0, 0.05) is 32.7 Å². The van der Waals surface area contributed by atoms with Gasteiger partial charge < -0.3 is 25.0 Å². The summed E-state index contributed by atoms with van der Waals surface area (Å²) in [6.07, 6.45) is 4.22. The fourth-order valence-electron chi connectivity index (χ4n) is 3.72. The molecule has 0 spiro atoms. The van der Waals surface area contributed by atoms with Crippen molar-refractivity contribution in [3.8, 4) is 12.0 Å². The van der Waals surface area contributed by atoms with Crippen LogP contribution in [0.2, 0.25) is 0 Å². The van der Waals surface area contributed by atoms with Gasteiger partial charge >= 0.3 is 6.01 Å². The Balaban J connectivity index is 1.64. The summed E-state index contributed by atoms with van der Waals surface area (Å²) in [5.41, 5.74) is 7.35. The maximum absolute atomic E-state index is 6.11. The van der Waals surface area contributed by atoms with Crippen molar-refractivity contribution >= 4 is 17.0 Å². The van der Waals surface area contributed by atoms with Gasteiger partial charge in [0.25, 0.3) is 6.01 Å². The normalized spacial score (nSPS) is 15.8. The summed E-state index contributed by atoms with van der Waals surface area (Å²) < 4.78 is 13.1. The predicted molar refractivity (Wildman–Crippen MR) is 114 cm³/mol. The fraction of sp³-hybridized carbons (Fsp3) is 0.750. The van der Waals surface area contributed by atoms with E-state index in [9.17, 15) is 0 Å². The Kier molecular flexibility index (Phi) is 7.88. The lowest BCUT2D eigenvalue weighted by atomic mass is 10.2. The Morgan fingerprint density at radius 1 is 0.897 bits per heavy atom. The van der Waals surface area contributed by atoms with Crippen LogP contribution in [0.5, 0.6) is 12.0 Å². The molecule has 3 rings (SSSR count). The highest BCUT2D eigenvalue weighted by Crippen LogP contribution is 2.25. The van der Waals surface area contributed by atoms with Gasteiger partial charge in [0.05, 0.1) is 13.7 Å². The monoisotopic (exact) mass is 405 g/mol. The Morgan fingerprint density at radius 2 is 1.62 bits per heavy atom. The van der Waals surface area contributed by atoms with Gasteiger partial charge in [-0.1, -0.05) is 20.3 Å². The molecule has 1 aliphatic heterocycles. The van der Waals surface area contributed by atoms with Gasteiger partial charge in [-0.2, -0.15) is 15.0 Å². The number of hydrogen-bond donors (Lipinski definition) is 1. The van der Waals surface area contributed by atoms with E-state index in [4.69, 9.17) is 15.2 Å². The minimum atomic E-state index is 0.305. The summed E-state index contributed by atoms with van der Waals surface area (Å²) in [5, 5.41) is 0. The van der Waals surface area contributed by atoms with Crippen molar-refractivity contribution in [3.63, 3.8) is 0 Å². The number of hydrogen-bond acceptors (Lipinski definition) is 8. The summed E-state index contributed by atoms with van der Waals surface area (Å²) in [5.74, 6) is 0.325. The summed E-state index contributed by atoms with van der Waals surface area (Å²) in [6, 6.07) is 0.818. The van der Waals surface area contributed by atoms with Crippen LogP contribution >= 0.6 is 0 Å². The number of imidazole rings is 1. The molecule has 0 saturated carbocycles. The van der Waals surface area contributed by atoms with E-state index < -0.39 is 0 Å². The molecule has 29 heavy (non-hydrogen) atoms. The minimum Gasteiger partial charge on any atom is -0.468 e. The number of aryl methyl sites for hydroxylation is 1. The summed E-state index contributed by atoms with van der Waals surface area (Å²) in [4.78, 5) is 18.3. The van der Waals surface area contributed by atoms with Crippen molar-refractivity contribution in [1.29, 1.82) is 0 Å². The summed E-state index contributed by atoms with van der Waals surface area (Å²) in [7, 11) is 1.62. The molecule has 1 fully saturated rings. The number of aromatic nitrogens is 4. The van der Waals surface area contributed by atoms with Gasteiger partial charge in [0.15, 0.2) is 17.0 Å². The minimum absolute atomic E-state index is 0.305. The number of piperazine rings is 1. The zero-order valence-corrected chi connectivity index (χ0v) is 18.1. The number of nitrogens with zero attached hydrogens (tertiary/aromatic N) is 6. The van der Waals surface area contributed by atoms with Crippen LogP contribution in [0.1, 0.15) is 39.5 Å². The molecule has 0 bridgehead atoms. The van der Waals surface area contributed by atoms with Gasteiger partial charge in [-0.25, -0.2) is 0 Å². The van der Waals surface area contributed by atoms with Crippen LogP contribution < -0.4 is 15.2 Å². The number of methoxy groups -OCH3 is 1. The number of ether oxygens (including phenoxy) is 2. The highest BCUT2D eigenvalue weighted by molar-refractivity contribution is 5.83. The van der Waals surface area contributed by atoms with E-state index in [0.29, 0.717) is 35.6 Å². The molecule has 2 aromatic heterocycles. The van der Waals surface area contributed by atoms with E-state index in [1.165, 1.54) is 13.0 Å². The number of anilines is 1. The Hall–Kier alpha value is -2.13. The molecule has 0 amide bonds. The van der Waals surface area contributed by atoms with Crippen LogP contribution in [0.3, 0.4) is 0 Å². The van der Waals surface area contributed by atoms with E-state index >= 15 is 0 Å². The van der Waals surface area contributed by atoms with Crippen LogP contribution in [0.4, 0.5) is 5.82 Å². The van der Waals surface area contributed by atoms with Crippen LogP contribution in [-0.4, -0.2) is 82.3 Å². The lowest BCUT2D eigenvalue weighted by Crippen LogP contribution is -2.46. The topological polar surface area (TPSA) is 94.6 Å². The largest absolute Gasteiger partial charge is 0.468 e. The van der Waals surface area contributed by atoms with Crippen molar-refractivity contribution in [1.82, 2.24) is 29.3 Å². The molecule has 0 unspecified atom stereocenters. The Morgan fingerprint density at radius 3 is 2.28 bits per heavy atom. The zero-order chi connectivity index (χ0) is 20.6. The van der Waals surface area contributed by atoms with Gasteiger partial charge in [-0.15, -0.1) is 0 Å². The van der Waals surface area contributed by atoms with Crippen LogP contribution in [0.15, 0.2) is 0 Å². The zero-order valence-electron chi connectivity index (χ0n) is 18.1. The first-order valence-corrected chi connectivity index (χ1v) is 10.8. The first-order chi connectivity index (χ1) is 14.2. The number of nitrogens with two attached hydrogens (primary N) is 1. The maximum atomic E-state index is 6.11. The Labute approximate surface area is 173 Å². The van der Waals surface area contributed by atoms with Crippen molar-refractivity contribution in [2.75, 3.05) is 58.7 Å². The molecular formula is C20H35N7O2. The highest BCUT2D eigenvalue weighted by Gasteiger charge is 2.19. The molecule has 0 aliphatic carbocycles. The second-order valence-electron chi connectivity index (χ2n) is 7.55. The van der Waals surface area contributed by atoms with E-state index in [-0.39, 0.29) is 0 Å². The average Bonchev–Trinajstić information content (AvgIpc) is 3.08. The molecule has 3 heterocycles. The van der Waals surface area contributed by atoms with Crippen LogP contribution in [0, 0.1) is 0 Å². The fourth-order valence-corrected chi connectivity index (χ4v) is 3.72. The molecule has 9 heteroatoms. The van der Waals surface area contributed by atoms with Gasteiger partial charge in [-0.3, -0.25) is 4.57 Å². The van der Waals surface area contributed by atoms with Crippen molar-refractivity contribution in [2.45, 2.75) is 46.1 Å². The van der Waals surface area contributed by atoms with Crippen LogP contribution in [0.25, 0.3) is 11.2 Å². The van der Waals surface area contributed by atoms with Crippen molar-refractivity contribution in [2.24, 2.45) is 0 Å². The molecule has 2 N–H and O–H groups in total. The molecule has 1 saturated heterocycles. The third kappa shape index (κ3) is 5.48. The highest BCUT2D eigenvalue weighted by atomic mass is 16.5. The maximum Gasteiger partial charge on any atom is 0.320 e. The third-order valence-corrected chi connectivity index (χ3v) is 5.34. The lowest BCUT2D eigenvalue weighted by Gasteiger charge is -2.34. The predicted octanol–water partition coefficient (Wildman–Crippen LogP) is 2.01. The average molecular weight is 406 g/mol. The second-order valence-corrected chi connectivity index (χ2v) is 7.55. The van der Waals surface area contributed by atoms with Gasteiger partial charge in [0.1, 0.15) is 0 Å². The molecule has 0 aromatic carbocycles. The number of unbranched alkanes of at least 4 members (excludes halogenated alkanes) is 1.